The van der Waals surface area contributed by atoms with Gasteiger partial charge in [-0.3, -0.25) is 0 Å². The molecule has 0 heterocycles. The zero-order valence-corrected chi connectivity index (χ0v) is 82.3. The molecule has 0 radical (unpaired) electrons. The van der Waals surface area contributed by atoms with Gasteiger partial charge < -0.3 is 169 Å². The van der Waals surface area contributed by atoms with Crippen molar-refractivity contribution in [2.45, 2.75) is 0 Å². The van der Waals surface area contributed by atoms with Gasteiger partial charge in [-0.1, -0.05) is 0 Å². The average Bonchev–Trinajstić information content (AvgIpc) is 1.27. The van der Waals surface area contributed by atoms with E-state index in [-0.39, 0.29) is 410 Å². The molecule has 0 unspecified atom stereocenters. The van der Waals surface area contributed by atoms with Gasteiger partial charge in [0.1, 0.15) is 0 Å². The Labute approximate surface area is 812 Å². The molecule has 104 heavy (non-hydrogen) atoms. The fourth-order valence-corrected chi connectivity index (χ4v) is 7.92. The molecule has 0 aromatic carbocycles. The monoisotopic (exact) mass is 1730 g/mol. The Morgan fingerprint density at radius 1 is 0.192 bits per heavy atom. The van der Waals surface area contributed by atoms with Gasteiger partial charge in [0.15, 0.2) is 0 Å². The maximum absolute atomic E-state index is 10.1. The summed E-state index contributed by atoms with van der Waals surface area (Å²) < 4.78 is 4.77. The molecule has 0 fully saturated rings. The normalized spacial score (nSPS) is 9.12. The van der Waals surface area contributed by atoms with Crippen LogP contribution in [0, 0.1) is 7.43 Å². The summed E-state index contributed by atoms with van der Waals surface area (Å²) in [4.78, 5) is 8.33. The van der Waals surface area contributed by atoms with Gasteiger partial charge in [-0.15, -0.1) is 126 Å². The fraction of sp³-hybridized carbons (Fsp3) is 0.982. The van der Waals surface area contributed by atoms with E-state index in [0.717, 1.165) is 12.4 Å². The average molecular weight is 1730 g/mol. The number of nitrogens with zero attached hydrogens (tertiary/aromatic N) is 5. The third-order valence-corrected chi connectivity index (χ3v) is 14.6. The van der Waals surface area contributed by atoms with Gasteiger partial charge in [-0.25, -0.2) is 0 Å². The molecule has 0 saturated carbocycles. The first-order valence-electron chi connectivity index (χ1n) is 30.1. The Morgan fingerprint density at radius 2 is 0.317 bits per heavy atom. The van der Waals surface area contributed by atoms with Gasteiger partial charge in [0.25, 0.3) is 0 Å². The molecule has 0 aromatic rings. The van der Waals surface area contributed by atoms with E-state index in [9.17, 15) is 97.0 Å². The van der Waals surface area contributed by atoms with Crippen molar-refractivity contribution in [3.05, 3.63) is 7.43 Å². The van der Waals surface area contributed by atoms with Crippen molar-refractivity contribution in [1.29, 1.82) is 0 Å². The minimum Gasteiger partial charge on any atom is -0.854 e. The van der Waals surface area contributed by atoms with Crippen LogP contribution in [0.3, 0.4) is 0 Å². The predicted octanol–water partition coefficient (Wildman–Crippen LogP) is -25.2. The summed E-state index contributed by atoms with van der Waals surface area (Å²) in [5.74, 6) is 7.81. The second-order valence-corrected chi connectivity index (χ2v) is 23.7. The number of aliphatic hydroxyl groups excluding tert-OH is 7. The summed E-state index contributed by atoms with van der Waals surface area (Å²) in [6.07, 6.45) is 0. The molecule has 0 amide bonds. The summed E-state index contributed by atoms with van der Waals surface area (Å²) in [5, 5.41) is 247. The molecular formula is C56H121Mg10N5O27S6. The zero-order valence-electron chi connectivity index (χ0n) is 63.2. The van der Waals surface area contributed by atoms with Crippen molar-refractivity contribution in [2.75, 3.05) is 353 Å². The van der Waals surface area contributed by atoms with Crippen molar-refractivity contribution >= 4 is 301 Å². The summed E-state index contributed by atoms with van der Waals surface area (Å²) in [6.45, 7) is 4.48. The molecular weight excluding hydrogens is 1610 g/mol. The van der Waals surface area contributed by atoms with Crippen molar-refractivity contribution < 1.29 is 138 Å². The van der Waals surface area contributed by atoms with Gasteiger partial charge in [0.05, 0.1) is 52.9 Å². The summed E-state index contributed by atoms with van der Waals surface area (Å²) >= 11 is 8.91. The van der Waals surface area contributed by atoms with E-state index in [4.69, 9.17) is 40.5 Å². The molecule has 0 rings (SSSR count). The molecule has 48 heteroatoms. The van der Waals surface area contributed by atoms with Crippen LogP contribution in [0.1, 0.15) is 0 Å². The minimum absolute atomic E-state index is 0. The molecule has 0 aliphatic heterocycles. The second-order valence-electron chi connectivity index (χ2n) is 16.3. The quantitative estimate of drug-likeness (QED) is 0.0169. The van der Waals surface area contributed by atoms with Crippen LogP contribution in [0.15, 0.2) is 0 Å². The first-order valence-corrected chi connectivity index (χ1v) is 37.0. The number of aliphatic hydroxyl groups is 7. The SMILES string of the molecule is COCCSCC[O-].[CH3-].[Mg+2].[Mg+2].[Mg+2].[Mg+2].[Mg+2].[Mg+2].[Mg+2].[Mg+2].[Mg+2].[Mg+2].[O-]CCN(CCO)CCO.[O-]CCN(CCO)CCO.[O-]CCN(CC[O-])CCO.[O-]CCN(CC[O-])CC[O-].[O-]CCN(CC[O-])CC[O-].[O-]CCSCCO.[O-]CCSCCO.[O-]CCSCC[O-].[O-]CCSCC[O-].[O-]CCSCC[O-]. The third-order valence-electron chi connectivity index (χ3n) is 9.11. The standard InChI is InChI=1S/2C6H14NO3.C6H13NO3.2C6H12NO3.C5H11O2S.2C4H9O2S.3C4H8O2S.CH3.10Mg/c5*8-4-1-7(2-5-9)3-6-10;1-7-3-5-8-4-2-6;5*5-1-3-7-4-2-6;;;;;;;;;;;/h2*8-9H,1-6H2;8H,1-6H2;2*1-6H2;2-5H2,1H3;2*5H,1-4H2;3*1-4H2;1H3;;;;;;;;;;/q2*-1;-2;2*-3;3*-1;3*-2;-1;10*+2. The zero-order chi connectivity index (χ0) is 73.0. The Bertz CT molecular complexity index is 873. The Balaban J connectivity index is -0.0000000353. The molecule has 588 valence electrons. The number of rotatable bonds is 55. The molecule has 0 spiro atoms. The van der Waals surface area contributed by atoms with Crippen LogP contribution in [-0.4, -0.2) is 643 Å². The molecule has 32 nitrogen and oxygen atoms in total. The second kappa shape index (κ2) is 191. The maximum atomic E-state index is 10.1. The van der Waals surface area contributed by atoms with E-state index < -0.39 is 0 Å². The van der Waals surface area contributed by atoms with Crippen LogP contribution in [0.5, 0.6) is 0 Å². The van der Waals surface area contributed by atoms with Crippen LogP contribution in [-0.2, 0) is 4.74 Å². The number of hydrogen-bond acceptors (Lipinski definition) is 38. The Morgan fingerprint density at radius 3 is 0.433 bits per heavy atom. The summed E-state index contributed by atoms with van der Waals surface area (Å²) in [6, 6.07) is 0. The van der Waals surface area contributed by atoms with Gasteiger partial charge in [0, 0.05) is 57.1 Å². The Kier molecular flexibility index (Phi) is 313. The van der Waals surface area contributed by atoms with E-state index in [1.807, 2.05) is 0 Å². The predicted molar refractivity (Wildman–Crippen MR) is 404 cm³/mol. The number of thioether (sulfide) groups is 6. The van der Waals surface area contributed by atoms with Crippen LogP contribution in [0.2, 0.25) is 0 Å². The molecule has 0 atom stereocenters. The number of hydrogen-bond donors (Lipinski definition) is 7. The van der Waals surface area contributed by atoms with Crippen molar-refractivity contribution in [3.8, 4) is 0 Å². The van der Waals surface area contributed by atoms with E-state index in [1.54, 1.807) is 43.4 Å². The first-order chi connectivity index (χ1) is 45.2. The topological polar surface area (TPSA) is 605 Å². The van der Waals surface area contributed by atoms with Crippen LogP contribution >= 0.6 is 70.6 Å². The van der Waals surface area contributed by atoms with E-state index >= 15 is 0 Å². The van der Waals surface area contributed by atoms with Crippen LogP contribution in [0.4, 0.5) is 0 Å². The van der Waals surface area contributed by atoms with Crippen molar-refractivity contribution in [1.82, 2.24) is 24.5 Å². The fourth-order valence-electron chi connectivity index (χ4n) is 5.09. The summed E-state index contributed by atoms with van der Waals surface area (Å²) in [5.41, 5.74) is 0. The molecule has 0 aliphatic rings. The van der Waals surface area contributed by atoms with E-state index in [2.05, 4.69) is 0 Å². The molecule has 0 aliphatic carbocycles. The molecule has 0 saturated heterocycles. The largest absolute Gasteiger partial charge is 2.00 e. The maximum Gasteiger partial charge on any atom is 2.00 e. The van der Waals surface area contributed by atoms with Crippen molar-refractivity contribution in [2.24, 2.45) is 0 Å². The first kappa shape index (κ1) is 171. The van der Waals surface area contributed by atoms with Crippen LogP contribution < -0.4 is 97.0 Å². The Hall–Kier alpha value is 8.48. The van der Waals surface area contributed by atoms with Gasteiger partial charge >= 0.3 is 231 Å². The number of methoxy groups -OCH3 is 1. The van der Waals surface area contributed by atoms with Gasteiger partial charge in [-0.2, -0.15) is 70.6 Å². The summed E-state index contributed by atoms with van der Waals surface area (Å²) in [7, 11) is 1.66. The smallest absolute Gasteiger partial charge is 0.854 e. The minimum atomic E-state index is -0.236. The number of ether oxygens (including phenoxy) is 1. The van der Waals surface area contributed by atoms with Crippen molar-refractivity contribution in [3.63, 3.8) is 0 Å². The van der Waals surface area contributed by atoms with E-state index in [1.165, 1.54) is 58.8 Å². The third kappa shape index (κ3) is 215. The molecule has 0 aromatic heterocycles. The molecule has 7 N–H and O–H groups in total. The van der Waals surface area contributed by atoms with Gasteiger partial charge in [0.2, 0.25) is 0 Å². The van der Waals surface area contributed by atoms with Crippen LogP contribution in [0.25, 0.3) is 0 Å². The van der Waals surface area contributed by atoms with Gasteiger partial charge in [-0.05, 0) is 117 Å². The van der Waals surface area contributed by atoms with E-state index in [0.29, 0.717) is 161 Å². The molecule has 0 bridgehead atoms.